The molecule has 0 amide bonds. The summed E-state index contributed by atoms with van der Waals surface area (Å²) in [5, 5.41) is 11.2. The van der Waals surface area contributed by atoms with Gasteiger partial charge in [-0.1, -0.05) is 12.1 Å². The first-order chi connectivity index (χ1) is 14.2. The van der Waals surface area contributed by atoms with Crippen LogP contribution >= 0.6 is 0 Å². The summed E-state index contributed by atoms with van der Waals surface area (Å²) in [6.45, 7) is -0.207. The van der Waals surface area contributed by atoms with E-state index in [-0.39, 0.29) is 23.7 Å². The molecule has 0 fully saturated rings. The number of rotatable bonds is 9. The van der Waals surface area contributed by atoms with Gasteiger partial charge in [-0.05, 0) is 42.8 Å². The van der Waals surface area contributed by atoms with Crippen molar-refractivity contribution in [1.29, 1.82) is 0 Å². The molecule has 164 valence electrons. The standard InChI is InChI=1S/C19H24F2N4O4S/c1-3-23-19(24-11-13-5-4-6-16(9-13)30(22,26)27)25-12-14-10-15(28-2)7-8-17(14)29-18(20)21/h4-10,18H,3,11-12H2,1-2H3,(H2,22,26,27)(H2,23,24,25). The summed E-state index contributed by atoms with van der Waals surface area (Å²) in [6, 6.07) is 10.7. The maximum atomic E-state index is 12.7. The van der Waals surface area contributed by atoms with E-state index in [0.29, 0.717) is 29.4 Å². The fourth-order valence-corrected chi connectivity index (χ4v) is 3.13. The summed E-state index contributed by atoms with van der Waals surface area (Å²) in [5.41, 5.74) is 1.10. The van der Waals surface area contributed by atoms with Crippen molar-refractivity contribution in [3.05, 3.63) is 53.6 Å². The van der Waals surface area contributed by atoms with Crippen LogP contribution in [0.2, 0.25) is 0 Å². The van der Waals surface area contributed by atoms with Gasteiger partial charge in [0, 0.05) is 18.7 Å². The zero-order valence-corrected chi connectivity index (χ0v) is 17.4. The van der Waals surface area contributed by atoms with Gasteiger partial charge in [-0.2, -0.15) is 8.78 Å². The van der Waals surface area contributed by atoms with Crippen LogP contribution in [0, 0.1) is 0 Å². The lowest BCUT2D eigenvalue weighted by Crippen LogP contribution is -2.36. The number of nitrogens with zero attached hydrogens (tertiary/aromatic N) is 1. The number of benzene rings is 2. The minimum absolute atomic E-state index is 0.00155. The van der Waals surface area contributed by atoms with E-state index < -0.39 is 16.6 Å². The van der Waals surface area contributed by atoms with E-state index in [1.165, 1.54) is 31.4 Å². The van der Waals surface area contributed by atoms with E-state index in [9.17, 15) is 17.2 Å². The first-order valence-corrected chi connectivity index (χ1v) is 10.5. The Balaban J connectivity index is 2.16. The van der Waals surface area contributed by atoms with Crippen LogP contribution in [0.4, 0.5) is 8.78 Å². The molecule has 8 nitrogen and oxygen atoms in total. The van der Waals surface area contributed by atoms with E-state index in [1.807, 2.05) is 6.92 Å². The van der Waals surface area contributed by atoms with E-state index >= 15 is 0 Å². The maximum Gasteiger partial charge on any atom is 0.387 e. The predicted molar refractivity (Wildman–Crippen MR) is 109 cm³/mol. The molecule has 4 N–H and O–H groups in total. The SMILES string of the molecule is CCNC(=NCc1cccc(S(N)(=O)=O)c1)NCc1cc(OC)ccc1OC(F)F. The highest BCUT2D eigenvalue weighted by molar-refractivity contribution is 7.89. The lowest BCUT2D eigenvalue weighted by molar-refractivity contribution is -0.0505. The van der Waals surface area contributed by atoms with E-state index in [0.717, 1.165) is 0 Å². The normalized spacial score (nSPS) is 12.0. The Morgan fingerprint density at radius 1 is 1.20 bits per heavy atom. The van der Waals surface area contributed by atoms with Crippen molar-refractivity contribution in [2.24, 2.45) is 10.1 Å². The van der Waals surface area contributed by atoms with Gasteiger partial charge in [0.1, 0.15) is 11.5 Å². The third-order valence-corrected chi connectivity index (χ3v) is 4.83. The van der Waals surface area contributed by atoms with Crippen molar-refractivity contribution in [2.45, 2.75) is 31.5 Å². The number of ether oxygens (including phenoxy) is 2. The van der Waals surface area contributed by atoms with Gasteiger partial charge < -0.3 is 20.1 Å². The van der Waals surface area contributed by atoms with Gasteiger partial charge in [-0.25, -0.2) is 18.5 Å². The number of nitrogens with two attached hydrogens (primary N) is 1. The highest BCUT2D eigenvalue weighted by Gasteiger charge is 2.12. The molecule has 0 radical (unpaired) electrons. The van der Waals surface area contributed by atoms with Crippen LogP contribution in [0.5, 0.6) is 11.5 Å². The number of halogens is 2. The molecule has 0 spiro atoms. The van der Waals surface area contributed by atoms with E-state index in [1.54, 1.807) is 18.2 Å². The smallest absolute Gasteiger partial charge is 0.387 e. The van der Waals surface area contributed by atoms with Crippen molar-refractivity contribution in [1.82, 2.24) is 10.6 Å². The van der Waals surface area contributed by atoms with Crippen LogP contribution in [-0.2, 0) is 23.1 Å². The van der Waals surface area contributed by atoms with Gasteiger partial charge in [0.05, 0.1) is 18.6 Å². The van der Waals surface area contributed by atoms with Crippen LogP contribution in [0.25, 0.3) is 0 Å². The highest BCUT2D eigenvalue weighted by atomic mass is 32.2. The second kappa shape index (κ2) is 10.7. The van der Waals surface area contributed by atoms with Gasteiger partial charge in [-0.3, -0.25) is 0 Å². The van der Waals surface area contributed by atoms with E-state index in [2.05, 4.69) is 20.4 Å². The second-order valence-corrected chi connectivity index (χ2v) is 7.65. The van der Waals surface area contributed by atoms with E-state index in [4.69, 9.17) is 9.88 Å². The Kier molecular flexibility index (Phi) is 8.36. The minimum atomic E-state index is -3.81. The Morgan fingerprint density at radius 3 is 2.60 bits per heavy atom. The largest absolute Gasteiger partial charge is 0.497 e. The Morgan fingerprint density at radius 2 is 1.97 bits per heavy atom. The van der Waals surface area contributed by atoms with Gasteiger partial charge >= 0.3 is 6.61 Å². The molecule has 2 aromatic carbocycles. The molecule has 11 heteroatoms. The Bertz CT molecular complexity index is 984. The monoisotopic (exact) mass is 442 g/mol. The summed E-state index contributed by atoms with van der Waals surface area (Å²) in [5.74, 6) is 0.925. The molecule has 0 atom stereocenters. The zero-order chi connectivity index (χ0) is 22.1. The summed E-state index contributed by atoms with van der Waals surface area (Å²) in [7, 11) is -2.33. The lowest BCUT2D eigenvalue weighted by atomic mass is 10.2. The molecule has 0 unspecified atom stereocenters. The number of primary sulfonamides is 1. The van der Waals surface area contributed by atoms with Crippen LogP contribution < -0.4 is 25.2 Å². The number of hydrogen-bond donors (Lipinski definition) is 3. The number of nitrogens with one attached hydrogen (secondary N) is 2. The average Bonchev–Trinajstić information content (AvgIpc) is 2.70. The first kappa shape index (κ1) is 23.4. The second-order valence-electron chi connectivity index (χ2n) is 6.09. The van der Waals surface area contributed by atoms with Gasteiger partial charge in [0.25, 0.3) is 0 Å². The van der Waals surface area contributed by atoms with Crippen molar-refractivity contribution >= 4 is 16.0 Å². The summed E-state index contributed by atoms with van der Waals surface area (Å²) in [6.07, 6.45) is 0. The van der Waals surface area contributed by atoms with Crippen molar-refractivity contribution in [3.8, 4) is 11.5 Å². The quantitative estimate of drug-likeness (QED) is 0.405. The third-order valence-electron chi connectivity index (χ3n) is 3.92. The number of sulfonamides is 1. The number of hydrogen-bond acceptors (Lipinski definition) is 5. The van der Waals surface area contributed by atoms with Gasteiger partial charge in [0.15, 0.2) is 5.96 Å². The summed E-state index contributed by atoms with van der Waals surface area (Å²) >= 11 is 0. The summed E-state index contributed by atoms with van der Waals surface area (Å²) in [4.78, 5) is 4.39. The molecular formula is C19H24F2N4O4S. The first-order valence-electron chi connectivity index (χ1n) is 8.98. The molecule has 0 aromatic heterocycles. The molecule has 0 aliphatic rings. The highest BCUT2D eigenvalue weighted by Crippen LogP contribution is 2.25. The van der Waals surface area contributed by atoms with Crippen molar-refractivity contribution < 1.29 is 26.7 Å². The Hall–Kier alpha value is -2.92. The predicted octanol–water partition coefficient (Wildman–Crippen LogP) is 2.20. The summed E-state index contributed by atoms with van der Waals surface area (Å²) < 4.78 is 58.0. The van der Waals surface area contributed by atoms with Gasteiger partial charge in [-0.15, -0.1) is 0 Å². The van der Waals surface area contributed by atoms with Crippen molar-refractivity contribution in [3.63, 3.8) is 0 Å². The maximum absolute atomic E-state index is 12.7. The van der Waals surface area contributed by atoms with Gasteiger partial charge in [0.2, 0.25) is 10.0 Å². The molecule has 0 aliphatic carbocycles. The molecule has 30 heavy (non-hydrogen) atoms. The number of methoxy groups -OCH3 is 1. The lowest BCUT2D eigenvalue weighted by Gasteiger charge is -2.15. The number of guanidine groups is 1. The third kappa shape index (κ3) is 7.16. The van der Waals surface area contributed by atoms with Crippen molar-refractivity contribution in [2.75, 3.05) is 13.7 Å². The fraction of sp³-hybridized carbons (Fsp3) is 0.316. The average molecular weight is 442 g/mol. The molecule has 2 rings (SSSR count). The molecule has 0 heterocycles. The van der Waals surface area contributed by atoms with Crippen LogP contribution in [0.15, 0.2) is 52.4 Å². The van der Waals surface area contributed by atoms with Crippen LogP contribution in [0.3, 0.4) is 0 Å². The number of alkyl halides is 2. The molecular weight excluding hydrogens is 418 g/mol. The topological polar surface area (TPSA) is 115 Å². The van der Waals surface area contributed by atoms with Crippen LogP contribution in [0.1, 0.15) is 18.1 Å². The molecule has 0 saturated heterocycles. The van der Waals surface area contributed by atoms with Crippen LogP contribution in [-0.4, -0.2) is 34.6 Å². The minimum Gasteiger partial charge on any atom is -0.497 e. The Labute approximate surface area is 174 Å². The molecule has 0 aliphatic heterocycles. The molecule has 2 aromatic rings. The molecule has 0 saturated carbocycles. The zero-order valence-electron chi connectivity index (χ0n) is 16.6. The number of aliphatic imine (C=N–C) groups is 1. The fourth-order valence-electron chi connectivity index (χ4n) is 2.54. The molecule has 0 bridgehead atoms.